The van der Waals surface area contributed by atoms with E-state index in [-0.39, 0.29) is 0 Å². The van der Waals surface area contributed by atoms with Crippen molar-refractivity contribution in [1.29, 1.82) is 0 Å². The fraction of sp³-hybridized carbons (Fsp3) is 0.667. The molecular formula is C18H27N5. The molecule has 5 nitrogen and oxygen atoms in total. The third-order valence-electron chi connectivity index (χ3n) is 5.65. The molecule has 2 saturated heterocycles. The Morgan fingerprint density at radius 2 is 2.09 bits per heavy atom. The number of rotatable bonds is 4. The number of likely N-dealkylation sites (N-methyl/N-ethyl adjacent to an activating group) is 1. The molecule has 0 radical (unpaired) electrons. The highest BCUT2D eigenvalue weighted by Gasteiger charge is 2.31. The number of hydrogen-bond donors (Lipinski definition) is 0. The van der Waals surface area contributed by atoms with Crippen LogP contribution in [0.25, 0.3) is 11.2 Å². The molecule has 2 aromatic heterocycles. The molecule has 4 heterocycles. The van der Waals surface area contributed by atoms with Gasteiger partial charge in [0.2, 0.25) is 0 Å². The molecule has 2 aliphatic rings. The summed E-state index contributed by atoms with van der Waals surface area (Å²) in [4.78, 5) is 14.7. The summed E-state index contributed by atoms with van der Waals surface area (Å²) in [6.07, 6.45) is 6.98. The van der Waals surface area contributed by atoms with Crippen LogP contribution in [-0.4, -0.2) is 57.1 Å². The largest absolute Gasteiger partial charge is 0.310 e. The fourth-order valence-corrected chi connectivity index (χ4v) is 4.38. The van der Waals surface area contributed by atoms with Gasteiger partial charge in [0.1, 0.15) is 11.3 Å². The summed E-state index contributed by atoms with van der Waals surface area (Å²) in [6, 6.07) is 5.17. The molecule has 0 aromatic carbocycles. The highest BCUT2D eigenvalue weighted by molar-refractivity contribution is 5.71. The summed E-state index contributed by atoms with van der Waals surface area (Å²) in [6.45, 7) is 6.85. The third kappa shape index (κ3) is 2.66. The molecule has 0 saturated carbocycles. The number of imidazole rings is 1. The van der Waals surface area contributed by atoms with Crippen molar-refractivity contribution < 1.29 is 0 Å². The smallest absolute Gasteiger partial charge is 0.160 e. The van der Waals surface area contributed by atoms with Crippen molar-refractivity contribution in [3.63, 3.8) is 0 Å². The predicted octanol–water partition coefficient (Wildman–Crippen LogP) is 2.68. The number of aromatic nitrogens is 3. The zero-order chi connectivity index (χ0) is 15.8. The Balaban J connectivity index is 1.73. The summed E-state index contributed by atoms with van der Waals surface area (Å²) in [7, 11) is 2.22. The van der Waals surface area contributed by atoms with Crippen molar-refractivity contribution in [1.82, 2.24) is 24.3 Å². The molecule has 0 spiro atoms. The summed E-state index contributed by atoms with van der Waals surface area (Å²) >= 11 is 0. The fourth-order valence-electron chi connectivity index (χ4n) is 4.38. The Morgan fingerprint density at radius 3 is 2.87 bits per heavy atom. The van der Waals surface area contributed by atoms with Gasteiger partial charge >= 0.3 is 0 Å². The van der Waals surface area contributed by atoms with Crippen LogP contribution in [0, 0.1) is 0 Å². The monoisotopic (exact) mass is 313 g/mol. The van der Waals surface area contributed by atoms with Gasteiger partial charge in [-0.3, -0.25) is 9.80 Å². The second-order valence-electron chi connectivity index (χ2n) is 6.99. The van der Waals surface area contributed by atoms with E-state index in [0.29, 0.717) is 12.1 Å². The number of nitrogens with zero attached hydrogens (tertiary/aromatic N) is 5. The lowest BCUT2D eigenvalue weighted by atomic mass is 10.2. The number of fused-ring (bicyclic) bond motifs is 1. The molecule has 0 N–H and O–H groups in total. The van der Waals surface area contributed by atoms with Gasteiger partial charge < -0.3 is 4.57 Å². The van der Waals surface area contributed by atoms with Gasteiger partial charge in [-0.1, -0.05) is 6.92 Å². The van der Waals surface area contributed by atoms with Crippen molar-refractivity contribution in [2.75, 3.05) is 26.7 Å². The number of pyridine rings is 1. The minimum atomic E-state index is 0.445. The Morgan fingerprint density at radius 1 is 1.22 bits per heavy atom. The maximum absolute atomic E-state index is 4.98. The van der Waals surface area contributed by atoms with Crippen LogP contribution >= 0.6 is 0 Å². The molecule has 2 aliphatic heterocycles. The highest BCUT2D eigenvalue weighted by Crippen LogP contribution is 2.32. The van der Waals surface area contributed by atoms with Gasteiger partial charge in [0.05, 0.1) is 6.04 Å². The Hall–Kier alpha value is -1.46. The first-order valence-corrected chi connectivity index (χ1v) is 9.03. The number of hydrogen-bond acceptors (Lipinski definition) is 4. The first kappa shape index (κ1) is 15.1. The van der Waals surface area contributed by atoms with Gasteiger partial charge in [-0.25, -0.2) is 9.97 Å². The second kappa shape index (κ2) is 6.21. The molecular weight excluding hydrogens is 286 g/mol. The minimum Gasteiger partial charge on any atom is -0.310 e. The molecule has 23 heavy (non-hydrogen) atoms. The maximum atomic E-state index is 4.98. The van der Waals surface area contributed by atoms with E-state index in [1.807, 2.05) is 12.3 Å². The molecule has 4 rings (SSSR count). The lowest BCUT2D eigenvalue weighted by molar-refractivity contribution is 0.236. The van der Waals surface area contributed by atoms with Gasteiger partial charge in [-0.2, -0.15) is 0 Å². The van der Waals surface area contributed by atoms with E-state index in [4.69, 9.17) is 4.98 Å². The second-order valence-corrected chi connectivity index (χ2v) is 6.99. The van der Waals surface area contributed by atoms with E-state index < -0.39 is 0 Å². The number of likely N-dealkylation sites (tertiary alicyclic amines) is 2. The lowest BCUT2D eigenvalue weighted by Gasteiger charge is -2.26. The van der Waals surface area contributed by atoms with Gasteiger partial charge in [0, 0.05) is 18.8 Å². The summed E-state index contributed by atoms with van der Waals surface area (Å²) in [5.41, 5.74) is 2.11. The molecule has 5 heteroatoms. The molecule has 2 aromatic rings. The Labute approximate surface area is 138 Å². The van der Waals surface area contributed by atoms with Gasteiger partial charge in [-0.05, 0) is 64.5 Å². The molecule has 2 atom stereocenters. The average Bonchev–Trinajstić information content (AvgIpc) is 3.27. The Bertz CT molecular complexity index is 679. The first-order chi connectivity index (χ1) is 11.3. The predicted molar refractivity (Wildman–Crippen MR) is 92.4 cm³/mol. The van der Waals surface area contributed by atoms with E-state index in [1.165, 1.54) is 44.6 Å². The summed E-state index contributed by atoms with van der Waals surface area (Å²) in [5.74, 6) is 1.22. The van der Waals surface area contributed by atoms with Crippen LogP contribution in [0.15, 0.2) is 18.3 Å². The van der Waals surface area contributed by atoms with E-state index >= 15 is 0 Å². The average molecular weight is 313 g/mol. The summed E-state index contributed by atoms with van der Waals surface area (Å²) < 4.78 is 2.42. The van der Waals surface area contributed by atoms with Crippen molar-refractivity contribution in [2.24, 2.45) is 0 Å². The van der Waals surface area contributed by atoms with Crippen LogP contribution in [0.4, 0.5) is 0 Å². The van der Waals surface area contributed by atoms with Crippen molar-refractivity contribution in [2.45, 2.75) is 51.2 Å². The lowest BCUT2D eigenvalue weighted by Crippen LogP contribution is -2.34. The van der Waals surface area contributed by atoms with Crippen LogP contribution in [0.3, 0.4) is 0 Å². The summed E-state index contributed by atoms with van der Waals surface area (Å²) in [5, 5.41) is 0. The molecule has 0 aliphatic carbocycles. The minimum absolute atomic E-state index is 0.445. The van der Waals surface area contributed by atoms with E-state index in [2.05, 4.69) is 39.4 Å². The van der Waals surface area contributed by atoms with Crippen LogP contribution in [-0.2, 0) is 6.54 Å². The molecule has 124 valence electrons. The van der Waals surface area contributed by atoms with Crippen molar-refractivity contribution in [3.8, 4) is 0 Å². The normalized spacial score (nSPS) is 26.5. The van der Waals surface area contributed by atoms with Crippen LogP contribution in [0.2, 0.25) is 0 Å². The Kier molecular flexibility index (Phi) is 4.07. The van der Waals surface area contributed by atoms with E-state index in [0.717, 1.165) is 24.3 Å². The van der Waals surface area contributed by atoms with Crippen molar-refractivity contribution in [3.05, 3.63) is 24.2 Å². The maximum Gasteiger partial charge on any atom is 0.160 e. The van der Waals surface area contributed by atoms with Gasteiger partial charge in [-0.15, -0.1) is 0 Å². The quantitative estimate of drug-likeness (QED) is 0.870. The third-order valence-corrected chi connectivity index (χ3v) is 5.65. The molecule has 2 unspecified atom stereocenters. The topological polar surface area (TPSA) is 37.2 Å². The molecule has 0 bridgehead atoms. The van der Waals surface area contributed by atoms with Crippen LogP contribution in [0.5, 0.6) is 0 Å². The van der Waals surface area contributed by atoms with Crippen LogP contribution in [0.1, 0.15) is 44.5 Å². The first-order valence-electron chi connectivity index (χ1n) is 9.03. The zero-order valence-corrected chi connectivity index (χ0v) is 14.3. The SMILES string of the molecule is CCN1CCCC1Cn1c(C2CCCN2C)nc2cccnc21. The molecule has 0 amide bonds. The van der Waals surface area contributed by atoms with Crippen LogP contribution < -0.4 is 0 Å². The van der Waals surface area contributed by atoms with Gasteiger partial charge in [0.15, 0.2) is 5.65 Å². The van der Waals surface area contributed by atoms with Crippen molar-refractivity contribution >= 4 is 11.2 Å². The standard InChI is InChI=1S/C18H27N5/c1-3-22-12-5-7-14(22)13-23-17-15(8-4-10-19-17)20-18(23)16-9-6-11-21(16)2/h4,8,10,14,16H,3,5-7,9,11-13H2,1-2H3. The highest BCUT2D eigenvalue weighted by atomic mass is 15.3. The van der Waals surface area contributed by atoms with E-state index in [9.17, 15) is 0 Å². The van der Waals surface area contributed by atoms with Gasteiger partial charge in [0.25, 0.3) is 0 Å². The molecule has 2 fully saturated rings. The zero-order valence-electron chi connectivity index (χ0n) is 14.3. The van der Waals surface area contributed by atoms with E-state index in [1.54, 1.807) is 0 Å².